The maximum atomic E-state index is 11.3. The van der Waals surface area contributed by atoms with Crippen LogP contribution in [0, 0.1) is 0 Å². The topological polar surface area (TPSA) is 54.5 Å². The quantitative estimate of drug-likeness (QED) is 0.427. The molecule has 5 heteroatoms. The number of imide groups is 1. The molecule has 2 amide bonds. The van der Waals surface area contributed by atoms with E-state index in [1.165, 1.54) is 12.5 Å². The molecule has 4 nitrogen and oxygen atoms in total. The highest BCUT2D eigenvalue weighted by Gasteiger charge is 2.33. The van der Waals surface area contributed by atoms with Gasteiger partial charge in [-0.15, -0.1) is 0 Å². The number of hydrogen-bond acceptors (Lipinski definition) is 3. The Morgan fingerprint density at radius 2 is 1.55 bits per heavy atom. The van der Waals surface area contributed by atoms with Gasteiger partial charge in [0.2, 0.25) is 11.8 Å². The van der Waals surface area contributed by atoms with Gasteiger partial charge in [0.05, 0.1) is 0 Å². The second kappa shape index (κ2) is 2.41. The molecule has 1 heterocycles. The zero-order valence-corrected chi connectivity index (χ0v) is 7.43. The molecule has 0 aromatic rings. The van der Waals surface area contributed by atoms with Crippen molar-refractivity contribution in [3.8, 4) is 0 Å². The van der Waals surface area contributed by atoms with Crippen molar-refractivity contribution in [3.63, 3.8) is 0 Å². The van der Waals surface area contributed by atoms with E-state index in [1.807, 2.05) is 0 Å². The van der Waals surface area contributed by atoms with Gasteiger partial charge in [0.1, 0.15) is 0 Å². The second-order valence-corrected chi connectivity index (χ2v) is 5.88. The van der Waals surface area contributed by atoms with Crippen LogP contribution in [0.15, 0.2) is 0 Å². The first kappa shape index (κ1) is 8.39. The molecule has 1 aliphatic heterocycles. The molecule has 0 aromatic heterocycles. The predicted octanol–water partition coefficient (Wildman–Crippen LogP) is -0.673. The highest BCUT2D eigenvalue weighted by Crippen LogP contribution is 2.17. The molecule has 0 saturated carbocycles. The van der Waals surface area contributed by atoms with Gasteiger partial charge in [0.25, 0.3) is 0 Å². The number of thiol groups is 1. The van der Waals surface area contributed by atoms with Gasteiger partial charge in [-0.25, -0.2) is 4.31 Å². The number of carbonyl (C=O) groups excluding carboxylic acids is 2. The van der Waals surface area contributed by atoms with Crippen molar-refractivity contribution in [1.82, 2.24) is 4.31 Å². The zero-order chi connectivity index (χ0) is 8.65. The van der Waals surface area contributed by atoms with Crippen molar-refractivity contribution in [1.29, 1.82) is 0 Å². The molecule has 0 aliphatic carbocycles. The van der Waals surface area contributed by atoms with E-state index in [2.05, 4.69) is 0 Å². The Labute approximate surface area is 66.1 Å². The molecule has 1 rings (SSSR count). The van der Waals surface area contributed by atoms with Crippen LogP contribution < -0.4 is 0 Å². The normalized spacial score (nSPS) is 21.1. The van der Waals surface area contributed by atoms with Crippen LogP contribution in [-0.2, 0) is 19.7 Å². The lowest BCUT2D eigenvalue weighted by Crippen LogP contribution is -2.38. The molecule has 0 atom stereocenters. The number of nitrogens with zero attached hydrogens (tertiary/aromatic N) is 1. The van der Waals surface area contributed by atoms with E-state index in [0.29, 0.717) is 0 Å². The molecule has 1 aliphatic rings. The van der Waals surface area contributed by atoms with Crippen LogP contribution in [0.1, 0.15) is 12.8 Å². The van der Waals surface area contributed by atoms with Crippen LogP contribution in [0.3, 0.4) is 0 Å². The van der Waals surface area contributed by atoms with Crippen molar-refractivity contribution in [2.45, 2.75) is 12.8 Å². The van der Waals surface area contributed by atoms with Crippen LogP contribution >= 0.6 is 0 Å². The summed E-state index contributed by atoms with van der Waals surface area (Å²) < 4.78 is 12.2. The fraction of sp³-hybridized carbons (Fsp3) is 0.667. The molecule has 0 spiro atoms. The summed E-state index contributed by atoms with van der Waals surface area (Å²) in [6, 6.07) is 0. The third-order valence-electron chi connectivity index (χ3n) is 1.51. The van der Waals surface area contributed by atoms with E-state index in [0.717, 1.165) is 4.31 Å². The first-order valence-electron chi connectivity index (χ1n) is 3.34. The maximum Gasteiger partial charge on any atom is 0.240 e. The molecule has 0 bridgehead atoms. The Morgan fingerprint density at radius 1 is 1.18 bits per heavy atom. The number of hydrogen-bond donors (Lipinski definition) is 1. The third-order valence-corrected chi connectivity index (χ3v) is 2.92. The summed E-state index contributed by atoms with van der Waals surface area (Å²) >= 11 is 0. The average Bonchev–Trinajstić information content (AvgIpc) is 2.08. The summed E-state index contributed by atoms with van der Waals surface area (Å²) in [7, 11) is -2.69. The lowest BCUT2D eigenvalue weighted by atomic mass is 10.4. The lowest BCUT2D eigenvalue weighted by molar-refractivity contribution is -0.132. The van der Waals surface area contributed by atoms with Crippen LogP contribution in [0.4, 0.5) is 0 Å². The van der Waals surface area contributed by atoms with E-state index in [1.54, 1.807) is 0 Å². The molecular formula is C6H11NO3S. The molecular weight excluding hydrogens is 166 g/mol. The van der Waals surface area contributed by atoms with Crippen LogP contribution in [0.2, 0.25) is 0 Å². The molecule has 0 unspecified atom stereocenters. The molecule has 0 radical (unpaired) electrons. The smallest absolute Gasteiger partial charge is 0.240 e. The van der Waals surface area contributed by atoms with Gasteiger partial charge in [0, 0.05) is 25.4 Å². The van der Waals surface area contributed by atoms with Crippen molar-refractivity contribution >= 4 is 21.9 Å². The van der Waals surface area contributed by atoms with Gasteiger partial charge < -0.3 is 0 Å². The molecule has 0 aromatic carbocycles. The predicted molar refractivity (Wildman–Crippen MR) is 42.5 cm³/mol. The second-order valence-electron chi connectivity index (χ2n) is 2.89. The van der Waals surface area contributed by atoms with Gasteiger partial charge in [0.15, 0.2) is 0 Å². The van der Waals surface area contributed by atoms with Gasteiger partial charge in [-0.1, -0.05) is 0 Å². The van der Waals surface area contributed by atoms with Gasteiger partial charge in [-0.3, -0.25) is 13.8 Å². The average molecular weight is 177 g/mol. The monoisotopic (exact) mass is 177 g/mol. The fourth-order valence-electron chi connectivity index (χ4n) is 1.10. The standard InChI is InChI=1S/C6H11NO3S/c1-11(2,10)7-5(8)3-4-6(7)9/h11H,3-4H2,1-2H3. The summed E-state index contributed by atoms with van der Waals surface area (Å²) in [5.74, 6) is -0.605. The van der Waals surface area contributed by atoms with E-state index >= 15 is 0 Å². The summed E-state index contributed by atoms with van der Waals surface area (Å²) in [6.07, 6.45) is 3.28. The largest absolute Gasteiger partial charge is 0.273 e. The number of amides is 2. The minimum Gasteiger partial charge on any atom is -0.273 e. The molecule has 1 saturated heterocycles. The van der Waals surface area contributed by atoms with Crippen LogP contribution in [-0.4, -0.2) is 32.8 Å². The first-order chi connectivity index (χ1) is 4.93. The summed E-state index contributed by atoms with van der Waals surface area (Å²) in [6.45, 7) is 0. The Hall–Kier alpha value is -0.710. The fourth-order valence-corrected chi connectivity index (χ4v) is 2.38. The van der Waals surface area contributed by atoms with Crippen LogP contribution in [0.25, 0.3) is 0 Å². The van der Waals surface area contributed by atoms with E-state index in [9.17, 15) is 13.8 Å². The van der Waals surface area contributed by atoms with Crippen molar-refractivity contribution < 1.29 is 13.8 Å². The molecule has 11 heavy (non-hydrogen) atoms. The van der Waals surface area contributed by atoms with Gasteiger partial charge >= 0.3 is 0 Å². The highest BCUT2D eigenvalue weighted by molar-refractivity contribution is 8.00. The Bertz CT molecular complexity index is 239. The van der Waals surface area contributed by atoms with E-state index in [4.69, 9.17) is 0 Å². The van der Waals surface area contributed by atoms with E-state index in [-0.39, 0.29) is 24.7 Å². The number of rotatable bonds is 1. The van der Waals surface area contributed by atoms with Crippen molar-refractivity contribution in [2.24, 2.45) is 0 Å². The Balaban J connectivity index is 2.95. The van der Waals surface area contributed by atoms with Gasteiger partial charge in [-0.2, -0.15) is 0 Å². The third kappa shape index (κ3) is 1.48. The maximum absolute atomic E-state index is 11.3. The van der Waals surface area contributed by atoms with Gasteiger partial charge in [-0.05, 0) is 10.1 Å². The highest BCUT2D eigenvalue weighted by atomic mass is 32.3. The summed E-state index contributed by atoms with van der Waals surface area (Å²) in [5, 5.41) is 0. The van der Waals surface area contributed by atoms with Crippen molar-refractivity contribution in [3.05, 3.63) is 0 Å². The zero-order valence-electron chi connectivity index (χ0n) is 6.53. The molecule has 64 valence electrons. The number of carbonyl (C=O) groups is 2. The summed E-state index contributed by atoms with van der Waals surface area (Å²) in [4.78, 5) is 21.9. The Kier molecular flexibility index (Phi) is 1.83. The van der Waals surface area contributed by atoms with Crippen LogP contribution in [0.5, 0.6) is 0 Å². The lowest BCUT2D eigenvalue weighted by Gasteiger charge is -2.23. The van der Waals surface area contributed by atoms with E-state index < -0.39 is 10.1 Å². The first-order valence-corrected chi connectivity index (χ1v) is 5.89. The Morgan fingerprint density at radius 3 is 1.73 bits per heavy atom. The molecule has 0 N–H and O–H groups in total. The molecule has 1 fully saturated rings. The van der Waals surface area contributed by atoms with Crippen molar-refractivity contribution in [2.75, 3.05) is 12.5 Å². The summed E-state index contributed by atoms with van der Waals surface area (Å²) in [5.41, 5.74) is 0. The minimum absolute atomic E-state index is 0.213. The minimum atomic E-state index is -2.69. The SMILES string of the molecule is C[SH](C)(=O)N1C(=O)CCC1=O.